The van der Waals surface area contributed by atoms with Crippen LogP contribution in [0, 0.1) is 29.1 Å². The molecule has 2 heterocycles. The number of nitrogens with one attached hydrogen (secondary N) is 1. The Kier molecular flexibility index (Phi) is 3.03. The predicted molar refractivity (Wildman–Crippen MR) is 90.2 cm³/mol. The molecule has 4 nitrogen and oxygen atoms in total. The summed E-state index contributed by atoms with van der Waals surface area (Å²) >= 11 is 0. The fourth-order valence-electron chi connectivity index (χ4n) is 7.06. The molecule has 2 saturated carbocycles. The number of rotatable bonds is 0. The van der Waals surface area contributed by atoms with Crippen LogP contribution in [0.5, 0.6) is 0 Å². The molecule has 0 unspecified atom stereocenters. The fourth-order valence-corrected chi connectivity index (χ4v) is 7.06. The number of nitrogens with zero attached hydrogens (tertiary/aromatic N) is 1. The predicted octanol–water partition coefficient (Wildman–Crippen LogP) is 3.50. The van der Waals surface area contributed by atoms with Crippen molar-refractivity contribution in [3.63, 3.8) is 0 Å². The molecular formula is C20H28N2O2. The lowest BCUT2D eigenvalue weighted by molar-refractivity contribution is -0.136. The average molecular weight is 328 g/mol. The molecule has 1 aromatic rings. The summed E-state index contributed by atoms with van der Waals surface area (Å²) in [6, 6.07) is 0. The first-order valence-electron chi connectivity index (χ1n) is 9.73. The highest BCUT2D eigenvalue weighted by molar-refractivity contribution is 5.77. The molecular weight excluding hydrogens is 300 g/mol. The molecule has 0 spiro atoms. The summed E-state index contributed by atoms with van der Waals surface area (Å²) in [6.07, 6.45) is 11.0. The molecule has 1 aromatic heterocycles. The number of hydrogen-bond acceptors (Lipinski definition) is 3. The lowest BCUT2D eigenvalue weighted by atomic mass is 9.45. The number of carbonyl (C=O) groups is 1. The van der Waals surface area contributed by atoms with Crippen LogP contribution in [-0.4, -0.2) is 16.6 Å². The first-order chi connectivity index (χ1) is 11.5. The van der Waals surface area contributed by atoms with E-state index in [1.54, 1.807) is 0 Å². The van der Waals surface area contributed by atoms with E-state index in [4.69, 9.17) is 4.52 Å². The van der Waals surface area contributed by atoms with Crippen molar-refractivity contribution >= 4 is 5.91 Å². The molecule has 1 aliphatic heterocycles. The van der Waals surface area contributed by atoms with Crippen LogP contribution in [0.2, 0.25) is 0 Å². The SMILES string of the molecule is C[C@]12Cc3conc3C[C@H]1CC[C@@H]1[C@@H]2CC[C@]2(C)NC(=O)CC[C@@H]12. The van der Waals surface area contributed by atoms with Crippen LogP contribution in [-0.2, 0) is 17.6 Å². The van der Waals surface area contributed by atoms with E-state index >= 15 is 0 Å². The zero-order valence-electron chi connectivity index (χ0n) is 14.8. The van der Waals surface area contributed by atoms with Gasteiger partial charge in [-0.15, -0.1) is 0 Å². The lowest BCUT2D eigenvalue weighted by Gasteiger charge is -2.61. The second kappa shape index (κ2) is 4.86. The molecule has 3 fully saturated rings. The summed E-state index contributed by atoms with van der Waals surface area (Å²) in [5.41, 5.74) is 2.97. The normalized spacial score (nSPS) is 47.0. The van der Waals surface area contributed by atoms with Gasteiger partial charge in [0.1, 0.15) is 6.26 Å². The standard InChI is InChI=1S/C20H28N2O2/c1-19-10-12-11-24-22-17(12)9-13(19)3-4-14-15(19)7-8-20(2)16(14)5-6-18(23)21-20/h11,13-16H,3-10H2,1-2H3,(H,21,23)/t13-,14-,15+,16+,19+,20+/m1/s1. The quantitative estimate of drug-likeness (QED) is 0.793. The average Bonchev–Trinajstić information content (AvgIpc) is 2.97. The second-order valence-electron chi connectivity index (χ2n) is 9.37. The van der Waals surface area contributed by atoms with Gasteiger partial charge in [0.2, 0.25) is 5.91 Å². The van der Waals surface area contributed by atoms with Crippen molar-refractivity contribution in [3.8, 4) is 0 Å². The summed E-state index contributed by atoms with van der Waals surface area (Å²) in [5.74, 6) is 3.23. The van der Waals surface area contributed by atoms with E-state index in [0.29, 0.717) is 11.3 Å². The van der Waals surface area contributed by atoms with Crippen molar-refractivity contribution in [2.75, 3.05) is 0 Å². The molecule has 24 heavy (non-hydrogen) atoms. The Morgan fingerprint density at radius 2 is 2.08 bits per heavy atom. The fraction of sp³-hybridized carbons (Fsp3) is 0.800. The molecule has 1 N–H and O–H groups in total. The minimum Gasteiger partial charge on any atom is -0.364 e. The number of fused-ring (bicyclic) bond motifs is 6. The Hall–Kier alpha value is -1.32. The molecule has 130 valence electrons. The number of piperidine rings is 1. The van der Waals surface area contributed by atoms with Gasteiger partial charge in [-0.1, -0.05) is 12.1 Å². The Labute approximate surface area is 143 Å². The molecule has 5 rings (SSSR count). The van der Waals surface area contributed by atoms with Crippen molar-refractivity contribution in [2.24, 2.45) is 29.1 Å². The first kappa shape index (κ1) is 15.0. The third kappa shape index (κ3) is 1.91. The minimum absolute atomic E-state index is 0.0384. The van der Waals surface area contributed by atoms with Gasteiger partial charge in [0.05, 0.1) is 5.69 Å². The molecule has 1 amide bonds. The number of amides is 1. The van der Waals surface area contributed by atoms with Gasteiger partial charge in [-0.3, -0.25) is 4.79 Å². The summed E-state index contributed by atoms with van der Waals surface area (Å²) < 4.78 is 5.27. The molecule has 0 radical (unpaired) electrons. The van der Waals surface area contributed by atoms with Crippen LogP contribution in [0.3, 0.4) is 0 Å². The highest BCUT2D eigenvalue weighted by Crippen LogP contribution is 2.61. The number of hydrogen-bond donors (Lipinski definition) is 1. The maximum Gasteiger partial charge on any atom is 0.220 e. The smallest absolute Gasteiger partial charge is 0.220 e. The van der Waals surface area contributed by atoms with E-state index in [1.807, 2.05) is 6.26 Å². The van der Waals surface area contributed by atoms with Crippen molar-refractivity contribution in [3.05, 3.63) is 17.5 Å². The van der Waals surface area contributed by atoms with E-state index in [9.17, 15) is 4.79 Å². The van der Waals surface area contributed by atoms with Gasteiger partial charge < -0.3 is 9.84 Å². The number of aromatic nitrogens is 1. The van der Waals surface area contributed by atoms with Gasteiger partial charge in [-0.25, -0.2) is 0 Å². The van der Waals surface area contributed by atoms with Crippen LogP contribution in [0.15, 0.2) is 10.8 Å². The zero-order valence-corrected chi connectivity index (χ0v) is 14.8. The highest BCUT2D eigenvalue weighted by Gasteiger charge is 2.58. The first-order valence-corrected chi connectivity index (χ1v) is 9.73. The summed E-state index contributed by atoms with van der Waals surface area (Å²) in [5, 5.41) is 7.61. The summed E-state index contributed by atoms with van der Waals surface area (Å²) in [4.78, 5) is 12.0. The van der Waals surface area contributed by atoms with Crippen molar-refractivity contribution in [1.82, 2.24) is 10.5 Å². The van der Waals surface area contributed by atoms with Gasteiger partial charge in [0, 0.05) is 17.5 Å². The Morgan fingerprint density at radius 3 is 2.96 bits per heavy atom. The van der Waals surface area contributed by atoms with Gasteiger partial charge in [0.25, 0.3) is 0 Å². The molecule has 4 aliphatic rings. The molecule has 6 atom stereocenters. The van der Waals surface area contributed by atoms with Gasteiger partial charge in [-0.05, 0) is 81.0 Å². The summed E-state index contributed by atoms with van der Waals surface area (Å²) in [6.45, 7) is 4.84. The highest BCUT2D eigenvalue weighted by atomic mass is 16.5. The molecule has 3 aliphatic carbocycles. The monoisotopic (exact) mass is 328 g/mol. The van der Waals surface area contributed by atoms with E-state index in [1.165, 1.54) is 30.5 Å². The van der Waals surface area contributed by atoms with Crippen LogP contribution >= 0.6 is 0 Å². The van der Waals surface area contributed by atoms with E-state index < -0.39 is 0 Å². The second-order valence-corrected chi connectivity index (χ2v) is 9.37. The lowest BCUT2D eigenvalue weighted by Crippen LogP contribution is -2.63. The van der Waals surface area contributed by atoms with Gasteiger partial charge >= 0.3 is 0 Å². The van der Waals surface area contributed by atoms with Crippen LogP contribution in [0.25, 0.3) is 0 Å². The third-order valence-corrected chi connectivity index (χ3v) is 8.30. The molecule has 1 saturated heterocycles. The van der Waals surface area contributed by atoms with Crippen molar-refractivity contribution < 1.29 is 9.32 Å². The van der Waals surface area contributed by atoms with E-state index in [2.05, 4.69) is 24.3 Å². The van der Waals surface area contributed by atoms with E-state index in [0.717, 1.165) is 49.9 Å². The van der Waals surface area contributed by atoms with Crippen molar-refractivity contribution in [2.45, 2.75) is 70.8 Å². The third-order valence-electron chi connectivity index (χ3n) is 8.30. The maximum absolute atomic E-state index is 12.0. The van der Waals surface area contributed by atoms with Crippen molar-refractivity contribution in [1.29, 1.82) is 0 Å². The largest absolute Gasteiger partial charge is 0.364 e. The topological polar surface area (TPSA) is 55.1 Å². The van der Waals surface area contributed by atoms with Crippen LogP contribution < -0.4 is 5.32 Å². The van der Waals surface area contributed by atoms with E-state index in [-0.39, 0.29) is 11.4 Å². The Balaban J connectivity index is 1.48. The zero-order chi connectivity index (χ0) is 16.5. The molecule has 0 aromatic carbocycles. The summed E-state index contributed by atoms with van der Waals surface area (Å²) in [7, 11) is 0. The Bertz CT molecular complexity index is 683. The maximum atomic E-state index is 12.0. The van der Waals surface area contributed by atoms with Gasteiger partial charge in [-0.2, -0.15) is 0 Å². The van der Waals surface area contributed by atoms with Crippen LogP contribution in [0.1, 0.15) is 63.6 Å². The molecule has 0 bridgehead atoms. The molecule has 4 heteroatoms. The number of carbonyl (C=O) groups excluding carboxylic acids is 1. The Morgan fingerprint density at radius 1 is 1.21 bits per heavy atom. The minimum atomic E-state index is 0.0384. The van der Waals surface area contributed by atoms with Gasteiger partial charge in [0.15, 0.2) is 0 Å². The van der Waals surface area contributed by atoms with Crippen LogP contribution in [0.4, 0.5) is 0 Å².